The van der Waals surface area contributed by atoms with Gasteiger partial charge in [0.25, 0.3) is 5.56 Å². The third-order valence-corrected chi connectivity index (χ3v) is 5.95. The van der Waals surface area contributed by atoms with Crippen LogP contribution in [0.1, 0.15) is 18.5 Å². The Labute approximate surface area is 175 Å². The fourth-order valence-corrected chi connectivity index (χ4v) is 4.29. The van der Waals surface area contributed by atoms with Crippen molar-refractivity contribution in [3.05, 3.63) is 76.8 Å². The SMILES string of the molecule is Cc1c(-c2nc3ccccc3c(=O)n2CCN2CCCC2)cnn1-c1ccccc1. The van der Waals surface area contributed by atoms with Crippen molar-refractivity contribution < 1.29 is 0 Å². The first-order chi connectivity index (χ1) is 14.7. The molecule has 0 radical (unpaired) electrons. The molecule has 6 nitrogen and oxygen atoms in total. The van der Waals surface area contributed by atoms with Gasteiger partial charge in [-0.3, -0.25) is 9.36 Å². The van der Waals surface area contributed by atoms with Crippen LogP contribution in [0, 0.1) is 6.92 Å². The highest BCUT2D eigenvalue weighted by Crippen LogP contribution is 2.24. The van der Waals surface area contributed by atoms with Gasteiger partial charge in [-0.2, -0.15) is 5.10 Å². The topological polar surface area (TPSA) is 56.0 Å². The second-order valence-corrected chi connectivity index (χ2v) is 7.85. The summed E-state index contributed by atoms with van der Waals surface area (Å²) in [6, 6.07) is 17.6. The van der Waals surface area contributed by atoms with E-state index in [0.29, 0.717) is 17.8 Å². The Bertz CT molecular complexity index is 1240. The minimum Gasteiger partial charge on any atom is -0.302 e. The van der Waals surface area contributed by atoms with Gasteiger partial charge in [0.1, 0.15) is 5.82 Å². The summed E-state index contributed by atoms with van der Waals surface area (Å²) in [4.78, 5) is 20.7. The summed E-state index contributed by atoms with van der Waals surface area (Å²) in [5.41, 5.74) is 3.60. The van der Waals surface area contributed by atoms with Crippen molar-refractivity contribution in [3.63, 3.8) is 0 Å². The second kappa shape index (κ2) is 7.88. The molecule has 1 aliphatic heterocycles. The minimum absolute atomic E-state index is 0.0154. The summed E-state index contributed by atoms with van der Waals surface area (Å²) >= 11 is 0. The van der Waals surface area contributed by atoms with Gasteiger partial charge in [-0.1, -0.05) is 30.3 Å². The van der Waals surface area contributed by atoms with Crippen molar-refractivity contribution >= 4 is 10.9 Å². The van der Waals surface area contributed by atoms with Gasteiger partial charge in [-0.15, -0.1) is 0 Å². The van der Waals surface area contributed by atoms with Crippen LogP contribution in [0.2, 0.25) is 0 Å². The average Bonchev–Trinajstić information content (AvgIpc) is 3.43. The molecular formula is C24H25N5O. The largest absolute Gasteiger partial charge is 0.302 e. The predicted molar refractivity (Wildman–Crippen MR) is 119 cm³/mol. The number of para-hydroxylation sites is 2. The molecule has 1 saturated heterocycles. The van der Waals surface area contributed by atoms with Crippen LogP contribution in [0.5, 0.6) is 0 Å². The van der Waals surface area contributed by atoms with E-state index in [2.05, 4.69) is 10.00 Å². The first kappa shape index (κ1) is 18.8. The van der Waals surface area contributed by atoms with Crippen LogP contribution >= 0.6 is 0 Å². The zero-order valence-electron chi connectivity index (χ0n) is 17.2. The lowest BCUT2D eigenvalue weighted by Crippen LogP contribution is -2.31. The van der Waals surface area contributed by atoms with Gasteiger partial charge in [0.15, 0.2) is 0 Å². The van der Waals surface area contributed by atoms with E-state index in [1.807, 2.05) is 77.0 Å². The maximum Gasteiger partial charge on any atom is 0.261 e. The maximum absolute atomic E-state index is 13.4. The van der Waals surface area contributed by atoms with Crippen molar-refractivity contribution in [1.82, 2.24) is 24.2 Å². The highest BCUT2D eigenvalue weighted by Gasteiger charge is 2.19. The van der Waals surface area contributed by atoms with Crippen LogP contribution < -0.4 is 5.56 Å². The van der Waals surface area contributed by atoms with Crippen LogP contribution in [-0.2, 0) is 6.54 Å². The summed E-state index contributed by atoms with van der Waals surface area (Å²) in [5, 5.41) is 5.26. The highest BCUT2D eigenvalue weighted by atomic mass is 16.1. The first-order valence-corrected chi connectivity index (χ1v) is 10.5. The smallest absolute Gasteiger partial charge is 0.261 e. The molecule has 0 spiro atoms. The molecule has 0 saturated carbocycles. The monoisotopic (exact) mass is 399 g/mol. The zero-order valence-corrected chi connectivity index (χ0v) is 17.2. The molecule has 0 unspecified atom stereocenters. The third-order valence-electron chi connectivity index (χ3n) is 5.95. The molecule has 5 rings (SSSR count). The molecule has 30 heavy (non-hydrogen) atoms. The average molecular weight is 399 g/mol. The molecule has 0 aliphatic carbocycles. The van der Waals surface area contributed by atoms with E-state index >= 15 is 0 Å². The van der Waals surface area contributed by atoms with Gasteiger partial charge in [0, 0.05) is 13.1 Å². The Morgan fingerprint density at radius 1 is 0.933 bits per heavy atom. The van der Waals surface area contributed by atoms with Crippen molar-refractivity contribution in [2.45, 2.75) is 26.3 Å². The summed E-state index contributed by atoms with van der Waals surface area (Å²) in [7, 11) is 0. The lowest BCUT2D eigenvalue weighted by molar-refractivity contribution is 0.321. The molecule has 2 aromatic heterocycles. The highest BCUT2D eigenvalue weighted by molar-refractivity contribution is 5.79. The van der Waals surface area contributed by atoms with Gasteiger partial charge >= 0.3 is 0 Å². The van der Waals surface area contributed by atoms with Crippen molar-refractivity contribution in [1.29, 1.82) is 0 Å². The maximum atomic E-state index is 13.4. The van der Waals surface area contributed by atoms with Crippen LogP contribution in [0.3, 0.4) is 0 Å². The quantitative estimate of drug-likeness (QED) is 0.514. The molecule has 1 aliphatic rings. The van der Waals surface area contributed by atoms with E-state index in [0.717, 1.165) is 42.1 Å². The van der Waals surface area contributed by atoms with Crippen LogP contribution in [-0.4, -0.2) is 43.9 Å². The fraction of sp³-hybridized carbons (Fsp3) is 0.292. The third kappa shape index (κ3) is 3.33. The van der Waals surface area contributed by atoms with Crippen molar-refractivity contribution in [2.75, 3.05) is 19.6 Å². The summed E-state index contributed by atoms with van der Waals surface area (Å²) in [6.07, 6.45) is 4.30. The molecule has 1 fully saturated rings. The number of fused-ring (bicyclic) bond motifs is 1. The summed E-state index contributed by atoms with van der Waals surface area (Å²) in [5.74, 6) is 0.692. The predicted octanol–water partition coefficient (Wildman–Crippen LogP) is 3.65. The molecule has 0 atom stereocenters. The van der Waals surface area contributed by atoms with Crippen molar-refractivity contribution in [2.24, 2.45) is 0 Å². The van der Waals surface area contributed by atoms with Gasteiger partial charge in [0.2, 0.25) is 0 Å². The molecule has 0 N–H and O–H groups in total. The number of hydrogen-bond acceptors (Lipinski definition) is 4. The standard InChI is InChI=1S/C24H25N5O/c1-18-21(17-25-29(18)19-9-3-2-4-10-19)23-26-22-12-6-5-11-20(22)24(30)28(23)16-15-27-13-7-8-14-27/h2-6,9-12,17H,7-8,13-16H2,1H3. The van der Waals surface area contributed by atoms with Crippen LogP contribution in [0.25, 0.3) is 28.0 Å². The molecule has 4 aromatic rings. The van der Waals surface area contributed by atoms with Crippen molar-refractivity contribution in [3.8, 4) is 17.1 Å². The van der Waals surface area contributed by atoms with Gasteiger partial charge in [0.05, 0.1) is 34.0 Å². The normalized spacial score (nSPS) is 14.6. The molecule has 0 amide bonds. The first-order valence-electron chi connectivity index (χ1n) is 10.5. The molecule has 3 heterocycles. The lowest BCUT2D eigenvalue weighted by Gasteiger charge is -2.18. The Balaban J connectivity index is 1.63. The number of nitrogens with zero attached hydrogens (tertiary/aromatic N) is 5. The molecule has 6 heteroatoms. The Morgan fingerprint density at radius 2 is 1.67 bits per heavy atom. The van der Waals surface area contributed by atoms with E-state index in [1.165, 1.54) is 12.8 Å². The van der Waals surface area contributed by atoms with E-state index in [9.17, 15) is 4.79 Å². The van der Waals surface area contributed by atoms with Gasteiger partial charge in [-0.05, 0) is 57.1 Å². The molecule has 2 aromatic carbocycles. The number of likely N-dealkylation sites (tertiary alicyclic amines) is 1. The summed E-state index contributed by atoms with van der Waals surface area (Å²) < 4.78 is 3.74. The van der Waals surface area contributed by atoms with Crippen LogP contribution in [0.15, 0.2) is 65.6 Å². The molecule has 152 valence electrons. The summed E-state index contributed by atoms with van der Waals surface area (Å²) in [6.45, 7) is 5.73. The number of hydrogen-bond donors (Lipinski definition) is 0. The van der Waals surface area contributed by atoms with Crippen LogP contribution in [0.4, 0.5) is 0 Å². The van der Waals surface area contributed by atoms with E-state index in [-0.39, 0.29) is 5.56 Å². The Morgan fingerprint density at radius 3 is 2.47 bits per heavy atom. The second-order valence-electron chi connectivity index (χ2n) is 7.85. The van der Waals surface area contributed by atoms with E-state index < -0.39 is 0 Å². The van der Waals surface area contributed by atoms with E-state index in [4.69, 9.17) is 4.98 Å². The Hall–Kier alpha value is -3.25. The lowest BCUT2D eigenvalue weighted by atomic mass is 10.2. The van der Waals surface area contributed by atoms with Gasteiger partial charge < -0.3 is 4.90 Å². The zero-order chi connectivity index (χ0) is 20.5. The molecule has 0 bridgehead atoms. The Kier molecular flexibility index (Phi) is 4.93. The molecular weight excluding hydrogens is 374 g/mol. The minimum atomic E-state index is 0.0154. The van der Waals surface area contributed by atoms with E-state index in [1.54, 1.807) is 0 Å². The number of rotatable bonds is 5. The number of benzene rings is 2. The number of aromatic nitrogens is 4. The fourth-order valence-electron chi connectivity index (χ4n) is 4.29. The van der Waals surface area contributed by atoms with Gasteiger partial charge in [-0.25, -0.2) is 9.67 Å².